The van der Waals surface area contributed by atoms with E-state index in [4.69, 9.17) is 15.2 Å². The molecular formula is C15H15FN2O4S. The summed E-state index contributed by atoms with van der Waals surface area (Å²) in [7, 11) is 1.55. The first-order valence-corrected chi connectivity index (χ1v) is 7.96. The van der Waals surface area contributed by atoms with E-state index in [1.807, 2.05) is 0 Å². The molecule has 1 aromatic carbocycles. The number of nitrogens with two attached hydrogens (primary N) is 1. The van der Waals surface area contributed by atoms with Crippen LogP contribution in [0.25, 0.3) is 0 Å². The maximum Gasteiger partial charge on any atom is 0.358 e. The molecule has 3 rings (SSSR count). The number of thioether (sulfide) groups is 1. The number of β-lactam (4-membered cyclic amide) rings is 1. The van der Waals surface area contributed by atoms with Crippen molar-refractivity contribution in [1.82, 2.24) is 4.90 Å². The summed E-state index contributed by atoms with van der Waals surface area (Å²) in [5, 5.41) is -0.398. The summed E-state index contributed by atoms with van der Waals surface area (Å²) in [6.45, 7) is -0.0223. The predicted octanol–water partition coefficient (Wildman–Crippen LogP) is 1.16. The number of carbonyl (C=O) groups is 2. The number of esters is 1. The second-order valence-electron chi connectivity index (χ2n) is 5.11. The largest absolute Gasteiger partial charge is 0.497 e. The topological polar surface area (TPSA) is 81.9 Å². The van der Waals surface area contributed by atoms with E-state index >= 15 is 0 Å². The van der Waals surface area contributed by atoms with Gasteiger partial charge in [-0.1, -0.05) is 12.1 Å². The molecule has 2 aliphatic rings. The molecule has 1 unspecified atom stereocenters. The average Bonchev–Trinajstić information content (AvgIpc) is 2.59. The zero-order valence-electron chi connectivity index (χ0n) is 12.3. The number of rotatable bonds is 4. The van der Waals surface area contributed by atoms with E-state index in [-0.39, 0.29) is 18.1 Å². The number of fused-ring (bicyclic) bond motifs is 1. The van der Waals surface area contributed by atoms with Crippen molar-refractivity contribution < 1.29 is 23.5 Å². The summed E-state index contributed by atoms with van der Waals surface area (Å²) in [4.78, 5) is 25.0. The number of hydrogen-bond donors (Lipinski definition) is 1. The predicted molar refractivity (Wildman–Crippen MR) is 82.0 cm³/mol. The molecule has 8 heteroatoms. The highest BCUT2D eigenvalue weighted by atomic mass is 32.2. The van der Waals surface area contributed by atoms with Gasteiger partial charge in [0.25, 0.3) is 0 Å². The van der Waals surface area contributed by atoms with Crippen molar-refractivity contribution in [3.63, 3.8) is 0 Å². The number of methoxy groups -OCH3 is 1. The Morgan fingerprint density at radius 1 is 1.43 bits per heavy atom. The highest BCUT2D eigenvalue weighted by Gasteiger charge is 2.52. The van der Waals surface area contributed by atoms with Crippen molar-refractivity contribution in [3.05, 3.63) is 41.4 Å². The van der Waals surface area contributed by atoms with E-state index in [9.17, 15) is 14.0 Å². The van der Waals surface area contributed by atoms with Gasteiger partial charge in [0.15, 0.2) is 5.70 Å². The molecule has 1 aromatic rings. The van der Waals surface area contributed by atoms with Crippen LogP contribution in [0, 0.1) is 0 Å². The van der Waals surface area contributed by atoms with Crippen LogP contribution in [0.5, 0.6) is 5.75 Å². The van der Waals surface area contributed by atoms with Gasteiger partial charge in [0.05, 0.1) is 7.11 Å². The molecule has 2 heterocycles. The first-order chi connectivity index (χ1) is 11.0. The number of ether oxygens (including phenoxy) is 2. The van der Waals surface area contributed by atoms with Gasteiger partial charge in [-0.15, -0.1) is 11.8 Å². The van der Waals surface area contributed by atoms with Crippen molar-refractivity contribution in [1.29, 1.82) is 0 Å². The molecule has 2 aliphatic heterocycles. The van der Waals surface area contributed by atoms with Gasteiger partial charge >= 0.3 is 5.97 Å². The number of nitrogens with zero attached hydrogens (tertiary/aromatic N) is 1. The Morgan fingerprint density at radius 3 is 2.78 bits per heavy atom. The Hall–Kier alpha value is -2.06. The van der Waals surface area contributed by atoms with Crippen LogP contribution >= 0.6 is 11.8 Å². The molecule has 0 saturated carbocycles. The van der Waals surface area contributed by atoms with Gasteiger partial charge in [-0.2, -0.15) is 0 Å². The Labute approximate surface area is 136 Å². The number of hydrogen-bond acceptors (Lipinski definition) is 6. The molecule has 0 spiro atoms. The van der Waals surface area contributed by atoms with Gasteiger partial charge in [0, 0.05) is 5.75 Å². The van der Waals surface area contributed by atoms with E-state index in [1.165, 1.54) is 11.8 Å². The smallest absolute Gasteiger partial charge is 0.358 e. The van der Waals surface area contributed by atoms with Crippen molar-refractivity contribution in [3.8, 4) is 5.75 Å². The molecule has 23 heavy (non-hydrogen) atoms. The van der Waals surface area contributed by atoms with Crippen LogP contribution in [0.4, 0.5) is 4.39 Å². The molecule has 0 radical (unpaired) electrons. The lowest BCUT2D eigenvalue weighted by molar-refractivity contribution is -0.151. The van der Waals surface area contributed by atoms with Crippen LogP contribution in [-0.4, -0.2) is 41.1 Å². The van der Waals surface area contributed by atoms with Gasteiger partial charge in [-0.25, -0.2) is 9.18 Å². The molecule has 122 valence electrons. The number of amides is 1. The Bertz CT molecular complexity index is 677. The van der Waals surface area contributed by atoms with Crippen LogP contribution in [0.15, 0.2) is 35.8 Å². The molecule has 2 atom stereocenters. The lowest BCUT2D eigenvalue weighted by Crippen LogP contribution is -2.68. The highest BCUT2D eigenvalue weighted by Crippen LogP contribution is 2.40. The fourth-order valence-electron chi connectivity index (χ4n) is 2.41. The maximum atomic E-state index is 14.0. The van der Waals surface area contributed by atoms with Crippen LogP contribution in [-0.2, 0) is 20.9 Å². The third kappa shape index (κ3) is 2.79. The van der Waals surface area contributed by atoms with E-state index < -0.39 is 29.1 Å². The Morgan fingerprint density at radius 2 is 2.13 bits per heavy atom. The fraction of sp³-hybridized carbons (Fsp3) is 0.333. The fourth-order valence-corrected chi connectivity index (χ4v) is 3.54. The standard InChI is InChI=1S/C15H15FN2O4S/c1-21-9-4-2-8(3-5-9)6-22-15(20)12-10(16)7-23-14-11(17)13(19)18(12)14/h2-5,11,14H,6-7,17H2,1H3/t11?,14-/m0/s1. The van der Waals surface area contributed by atoms with Crippen LogP contribution in [0.1, 0.15) is 5.56 Å². The minimum atomic E-state index is -0.858. The van der Waals surface area contributed by atoms with Crippen LogP contribution < -0.4 is 10.5 Å². The van der Waals surface area contributed by atoms with Gasteiger partial charge in [-0.3, -0.25) is 9.69 Å². The van der Waals surface area contributed by atoms with Crippen molar-refractivity contribution in [2.45, 2.75) is 18.0 Å². The summed E-state index contributed by atoms with van der Waals surface area (Å²) in [5.74, 6) is -1.29. The maximum absolute atomic E-state index is 14.0. The summed E-state index contributed by atoms with van der Waals surface area (Å²) in [6.07, 6.45) is 0. The van der Waals surface area contributed by atoms with Gasteiger partial charge < -0.3 is 15.2 Å². The van der Waals surface area contributed by atoms with E-state index in [2.05, 4.69) is 0 Å². The van der Waals surface area contributed by atoms with E-state index in [0.717, 1.165) is 10.5 Å². The second kappa shape index (κ2) is 6.21. The van der Waals surface area contributed by atoms with E-state index in [0.29, 0.717) is 5.75 Å². The molecule has 0 bridgehead atoms. The third-order valence-corrected chi connectivity index (χ3v) is 4.95. The number of halogens is 1. The summed E-state index contributed by atoms with van der Waals surface area (Å²) in [6, 6.07) is 6.24. The zero-order chi connectivity index (χ0) is 16.6. The van der Waals surface area contributed by atoms with Gasteiger partial charge in [-0.05, 0) is 17.7 Å². The second-order valence-corrected chi connectivity index (χ2v) is 6.22. The van der Waals surface area contributed by atoms with Crippen molar-refractivity contribution in [2.24, 2.45) is 5.73 Å². The minimum absolute atomic E-state index is 0.00904. The SMILES string of the molecule is COc1ccc(COC(=O)C2=C(F)CS[C@H]3C(N)C(=O)N23)cc1. The van der Waals surface area contributed by atoms with Crippen molar-refractivity contribution in [2.75, 3.05) is 12.9 Å². The number of benzene rings is 1. The molecule has 0 aromatic heterocycles. The van der Waals surface area contributed by atoms with Gasteiger partial charge in [0.1, 0.15) is 29.6 Å². The lowest BCUT2D eigenvalue weighted by atomic mass is 10.1. The monoisotopic (exact) mass is 338 g/mol. The first-order valence-electron chi connectivity index (χ1n) is 6.92. The summed E-state index contributed by atoms with van der Waals surface area (Å²) >= 11 is 1.20. The third-order valence-electron chi connectivity index (χ3n) is 3.69. The molecule has 2 N–H and O–H groups in total. The quantitative estimate of drug-likeness (QED) is 0.655. The summed E-state index contributed by atoms with van der Waals surface area (Å²) < 4.78 is 24.2. The van der Waals surface area contributed by atoms with Crippen LogP contribution in [0.2, 0.25) is 0 Å². The molecule has 6 nitrogen and oxygen atoms in total. The van der Waals surface area contributed by atoms with Crippen LogP contribution in [0.3, 0.4) is 0 Å². The average molecular weight is 338 g/mol. The Kier molecular flexibility index (Phi) is 4.27. The molecule has 1 fully saturated rings. The molecular weight excluding hydrogens is 323 g/mol. The normalized spacial score (nSPS) is 23.3. The van der Waals surface area contributed by atoms with Gasteiger partial charge in [0.2, 0.25) is 5.91 Å². The molecule has 0 aliphatic carbocycles. The Balaban J connectivity index is 1.68. The number of carbonyl (C=O) groups excluding carboxylic acids is 2. The highest BCUT2D eigenvalue weighted by molar-refractivity contribution is 8.00. The lowest BCUT2D eigenvalue weighted by Gasteiger charge is -2.47. The molecule has 1 saturated heterocycles. The summed E-state index contributed by atoms with van der Waals surface area (Å²) in [5.41, 5.74) is 6.06. The first kappa shape index (κ1) is 15.8. The van der Waals surface area contributed by atoms with Crippen molar-refractivity contribution >= 4 is 23.6 Å². The minimum Gasteiger partial charge on any atom is -0.497 e. The molecule has 1 amide bonds. The zero-order valence-corrected chi connectivity index (χ0v) is 13.1. The van der Waals surface area contributed by atoms with E-state index in [1.54, 1.807) is 31.4 Å².